The summed E-state index contributed by atoms with van der Waals surface area (Å²) in [7, 11) is 0. The lowest BCUT2D eigenvalue weighted by atomic mass is 10.1. The van der Waals surface area contributed by atoms with Crippen LogP contribution in [0.4, 0.5) is 10.1 Å². The summed E-state index contributed by atoms with van der Waals surface area (Å²) in [5.41, 5.74) is 1.25. The van der Waals surface area contributed by atoms with Crippen LogP contribution < -0.4 is 9.64 Å². The molecule has 7 nitrogen and oxygen atoms in total. The van der Waals surface area contributed by atoms with Crippen LogP contribution in [0.25, 0.3) is 0 Å². The van der Waals surface area contributed by atoms with Gasteiger partial charge >= 0.3 is 0 Å². The molecule has 138 valence electrons. The van der Waals surface area contributed by atoms with Crippen LogP contribution in [-0.2, 0) is 16.1 Å². The molecule has 27 heavy (non-hydrogen) atoms. The number of halogens is 1. The molecule has 2 amide bonds. The van der Waals surface area contributed by atoms with Gasteiger partial charge < -0.3 is 4.74 Å². The van der Waals surface area contributed by atoms with Gasteiger partial charge in [0.2, 0.25) is 0 Å². The number of ether oxygens (including phenoxy) is 1. The van der Waals surface area contributed by atoms with E-state index in [0.717, 1.165) is 10.5 Å². The maximum Gasteiger partial charge on any atom is 0.263 e. The van der Waals surface area contributed by atoms with E-state index in [2.05, 4.69) is 10.3 Å². The lowest BCUT2D eigenvalue weighted by Gasteiger charge is -2.20. The molecule has 0 aliphatic carbocycles. The number of hydrogen-bond donors (Lipinski definition) is 0. The maximum absolute atomic E-state index is 13.1. The maximum atomic E-state index is 13.1. The van der Waals surface area contributed by atoms with Crippen molar-refractivity contribution in [3.8, 4) is 5.75 Å². The first-order valence-electron chi connectivity index (χ1n) is 8.61. The number of fused-ring (bicyclic) bond motifs is 1. The second-order valence-electron chi connectivity index (χ2n) is 6.26. The van der Waals surface area contributed by atoms with Crippen LogP contribution >= 0.6 is 0 Å². The fourth-order valence-electron chi connectivity index (χ4n) is 3.24. The molecule has 1 saturated heterocycles. The smallest absolute Gasteiger partial charge is 0.263 e. The van der Waals surface area contributed by atoms with Crippen molar-refractivity contribution in [2.75, 3.05) is 11.5 Å². The number of benzene rings is 2. The number of amides is 2. The van der Waals surface area contributed by atoms with Gasteiger partial charge in [-0.15, -0.1) is 0 Å². The quantitative estimate of drug-likeness (QED) is 0.761. The molecule has 0 spiro atoms. The highest BCUT2D eigenvalue weighted by molar-refractivity contribution is 6.25. The first kappa shape index (κ1) is 17.1. The Morgan fingerprint density at radius 2 is 1.74 bits per heavy atom. The third-order valence-electron chi connectivity index (χ3n) is 4.52. The second kappa shape index (κ2) is 6.79. The van der Waals surface area contributed by atoms with Gasteiger partial charge in [0.15, 0.2) is 12.1 Å². The predicted octanol–water partition coefficient (Wildman–Crippen LogP) is 2.72. The fourth-order valence-corrected chi connectivity index (χ4v) is 3.24. The zero-order valence-corrected chi connectivity index (χ0v) is 14.6. The lowest BCUT2D eigenvalue weighted by Crippen LogP contribution is -2.39. The molecule has 1 fully saturated rings. The van der Waals surface area contributed by atoms with Crippen molar-refractivity contribution in [2.45, 2.75) is 25.6 Å². The van der Waals surface area contributed by atoms with Gasteiger partial charge in [0.1, 0.15) is 11.6 Å². The molecule has 0 N–H and O–H groups in total. The molecule has 8 heteroatoms. The Bertz CT molecular complexity index is 898. The van der Waals surface area contributed by atoms with Crippen molar-refractivity contribution >= 4 is 17.5 Å². The molecule has 2 aliphatic heterocycles. The van der Waals surface area contributed by atoms with Gasteiger partial charge in [0.25, 0.3) is 11.8 Å². The third-order valence-corrected chi connectivity index (χ3v) is 4.52. The molecule has 2 heterocycles. The summed E-state index contributed by atoms with van der Waals surface area (Å²) >= 11 is 0. The van der Waals surface area contributed by atoms with E-state index in [1.165, 1.54) is 17.1 Å². The highest BCUT2D eigenvalue weighted by atomic mass is 19.1. The first-order valence-corrected chi connectivity index (χ1v) is 8.61. The summed E-state index contributed by atoms with van der Waals surface area (Å²) < 4.78 is 18.5. The molecule has 2 aromatic rings. The molecule has 2 atom stereocenters. The van der Waals surface area contributed by atoms with E-state index in [1.54, 1.807) is 36.4 Å². The summed E-state index contributed by atoms with van der Waals surface area (Å²) in [6.45, 7) is 2.67. The van der Waals surface area contributed by atoms with Crippen molar-refractivity contribution in [1.82, 2.24) is 5.01 Å². The Labute approximate surface area is 155 Å². The summed E-state index contributed by atoms with van der Waals surface area (Å²) in [6, 6.07) is 11.0. The normalized spacial score (nSPS) is 21.1. The standard InChI is InChI=1S/C19H17FN4O3/c1-2-27-15-9-7-14(8-10-15)24-18(25)16-17(19(24)26)23(22-21-16)11-12-3-5-13(20)6-4-12/h3-10,16-17H,2,11H2,1H3/t16-,17+/m0/s1. The molecule has 0 radical (unpaired) electrons. The molecule has 0 bridgehead atoms. The lowest BCUT2D eigenvalue weighted by molar-refractivity contribution is -0.123. The van der Waals surface area contributed by atoms with Crippen molar-refractivity contribution in [2.24, 2.45) is 10.3 Å². The molecule has 0 saturated carbocycles. The zero-order chi connectivity index (χ0) is 19.0. The topological polar surface area (TPSA) is 74.6 Å². The number of carbonyl (C=O) groups is 2. The molecule has 2 aromatic carbocycles. The van der Waals surface area contributed by atoms with Crippen LogP contribution in [0, 0.1) is 5.82 Å². The Morgan fingerprint density at radius 3 is 2.41 bits per heavy atom. The van der Waals surface area contributed by atoms with E-state index in [9.17, 15) is 14.0 Å². The fraction of sp³-hybridized carbons (Fsp3) is 0.263. The van der Waals surface area contributed by atoms with E-state index >= 15 is 0 Å². The Hall–Kier alpha value is -3.29. The van der Waals surface area contributed by atoms with Crippen LogP contribution in [0.15, 0.2) is 58.9 Å². The second-order valence-corrected chi connectivity index (χ2v) is 6.26. The van der Waals surface area contributed by atoms with Gasteiger partial charge in [0.05, 0.1) is 18.8 Å². The number of hydrogen-bond acceptors (Lipinski definition) is 6. The Morgan fingerprint density at radius 1 is 1.04 bits per heavy atom. The highest BCUT2D eigenvalue weighted by Gasteiger charge is 2.54. The van der Waals surface area contributed by atoms with E-state index in [-0.39, 0.29) is 18.3 Å². The monoisotopic (exact) mass is 368 g/mol. The minimum Gasteiger partial charge on any atom is -0.494 e. The SMILES string of the molecule is CCOc1ccc(N2C(=O)[C@H]3N=NN(Cc4ccc(F)cc4)[C@H]3C2=O)cc1. The van der Waals surface area contributed by atoms with Gasteiger partial charge in [-0.05, 0) is 48.9 Å². The summed E-state index contributed by atoms with van der Waals surface area (Å²) in [5, 5.41) is 9.45. The number of carbonyl (C=O) groups excluding carboxylic acids is 2. The summed E-state index contributed by atoms with van der Waals surface area (Å²) in [6.07, 6.45) is 0. The molecule has 0 unspecified atom stereocenters. The van der Waals surface area contributed by atoms with Crippen LogP contribution in [0.5, 0.6) is 5.75 Å². The van der Waals surface area contributed by atoms with Crippen LogP contribution in [0.1, 0.15) is 12.5 Å². The minimum absolute atomic E-state index is 0.265. The zero-order valence-electron chi connectivity index (χ0n) is 14.6. The largest absolute Gasteiger partial charge is 0.494 e. The van der Waals surface area contributed by atoms with Crippen LogP contribution in [-0.4, -0.2) is 35.5 Å². The average molecular weight is 368 g/mol. The Balaban J connectivity index is 1.55. The van der Waals surface area contributed by atoms with Gasteiger partial charge in [-0.25, -0.2) is 9.29 Å². The van der Waals surface area contributed by atoms with Gasteiger partial charge in [-0.1, -0.05) is 17.4 Å². The van der Waals surface area contributed by atoms with Gasteiger partial charge in [0, 0.05) is 0 Å². The van der Waals surface area contributed by atoms with E-state index in [0.29, 0.717) is 18.0 Å². The number of anilines is 1. The van der Waals surface area contributed by atoms with Crippen molar-refractivity contribution in [3.05, 3.63) is 59.9 Å². The van der Waals surface area contributed by atoms with Crippen molar-refractivity contribution in [3.63, 3.8) is 0 Å². The number of nitrogens with zero attached hydrogens (tertiary/aromatic N) is 4. The molecule has 0 aromatic heterocycles. The van der Waals surface area contributed by atoms with Gasteiger partial charge in [-0.3, -0.25) is 14.6 Å². The molecular weight excluding hydrogens is 351 g/mol. The third kappa shape index (κ3) is 3.03. The Kier molecular flexibility index (Phi) is 4.31. The van der Waals surface area contributed by atoms with E-state index < -0.39 is 18.0 Å². The summed E-state index contributed by atoms with van der Waals surface area (Å²) in [5.74, 6) is -0.451. The average Bonchev–Trinajstić information content (AvgIpc) is 3.18. The molecule has 4 rings (SSSR count). The first-order chi connectivity index (χ1) is 13.1. The number of rotatable bonds is 5. The molecule has 2 aliphatic rings. The van der Waals surface area contributed by atoms with Crippen molar-refractivity contribution < 1.29 is 18.7 Å². The number of imide groups is 1. The minimum atomic E-state index is -0.857. The summed E-state index contributed by atoms with van der Waals surface area (Å²) in [4.78, 5) is 26.8. The van der Waals surface area contributed by atoms with E-state index in [1.807, 2.05) is 6.92 Å². The van der Waals surface area contributed by atoms with Crippen molar-refractivity contribution in [1.29, 1.82) is 0 Å². The predicted molar refractivity (Wildman–Crippen MR) is 94.5 cm³/mol. The van der Waals surface area contributed by atoms with Crippen LogP contribution in [0.3, 0.4) is 0 Å². The van der Waals surface area contributed by atoms with E-state index in [4.69, 9.17) is 4.74 Å². The van der Waals surface area contributed by atoms with Gasteiger partial charge in [-0.2, -0.15) is 5.11 Å². The van der Waals surface area contributed by atoms with Crippen LogP contribution in [0.2, 0.25) is 0 Å². The highest BCUT2D eigenvalue weighted by Crippen LogP contribution is 2.33. The molecular formula is C19H17FN4O3.